The average molecular weight is 287 g/mol. The number of thiol groups is 1. The largest absolute Gasteiger partial charge is 0.445 e. The van der Waals surface area contributed by atoms with Crippen LogP contribution in [0.1, 0.15) is 5.56 Å². The number of hydrogen-bond acceptors (Lipinski definition) is 3. The zero-order chi connectivity index (χ0) is 8.97. The van der Waals surface area contributed by atoms with Crippen molar-refractivity contribution in [3.05, 3.63) is 37.3 Å². The molecule has 2 N–H and O–H groups in total. The summed E-state index contributed by atoms with van der Waals surface area (Å²) in [6.45, 7) is 0.212. The van der Waals surface area contributed by atoms with E-state index < -0.39 is 6.09 Å². The fourth-order valence-electron chi connectivity index (χ4n) is 0.747. The summed E-state index contributed by atoms with van der Waals surface area (Å²) in [6.07, 6.45) is -0.759. The van der Waals surface area contributed by atoms with E-state index in [9.17, 15) is 4.79 Å². The molecule has 0 saturated carbocycles. The van der Waals surface area contributed by atoms with E-state index in [1.807, 2.05) is 24.3 Å². The van der Waals surface area contributed by atoms with E-state index in [4.69, 9.17) is 5.73 Å². The Morgan fingerprint density at radius 1 is 1.36 bits per heavy atom. The van der Waals surface area contributed by atoms with Gasteiger partial charge in [0.15, 0.2) is 0 Å². The first-order valence-corrected chi connectivity index (χ1v) is 3.83. The van der Waals surface area contributed by atoms with E-state index in [-0.39, 0.29) is 46.7 Å². The SMILES string of the molecule is NC(=O)OCc1ccc(S)cc1.[CH3-].[Y]. The van der Waals surface area contributed by atoms with E-state index in [1.54, 1.807) is 0 Å². The Bertz CT molecular complexity index is 277. The maximum absolute atomic E-state index is 10.2. The van der Waals surface area contributed by atoms with Crippen molar-refractivity contribution in [2.45, 2.75) is 11.5 Å². The van der Waals surface area contributed by atoms with E-state index >= 15 is 0 Å². The van der Waals surface area contributed by atoms with Crippen molar-refractivity contribution in [2.24, 2.45) is 5.73 Å². The fraction of sp³-hybridized carbons (Fsp3) is 0.111. The Morgan fingerprint density at radius 2 is 1.86 bits per heavy atom. The predicted octanol–water partition coefficient (Wildman–Crippen LogP) is 2.02. The summed E-state index contributed by atoms with van der Waals surface area (Å²) in [7, 11) is 0. The molecule has 0 aliphatic carbocycles. The predicted molar refractivity (Wildman–Crippen MR) is 54.5 cm³/mol. The van der Waals surface area contributed by atoms with Crippen molar-refractivity contribution >= 4 is 18.7 Å². The normalized spacial score (nSPS) is 8.07. The third-order valence-electron chi connectivity index (χ3n) is 1.32. The van der Waals surface area contributed by atoms with Crippen LogP contribution in [0.2, 0.25) is 0 Å². The molecule has 0 heterocycles. The second-order valence-corrected chi connectivity index (χ2v) is 2.79. The Labute approximate surface area is 115 Å². The van der Waals surface area contributed by atoms with Gasteiger partial charge in [0.2, 0.25) is 0 Å². The van der Waals surface area contributed by atoms with Gasteiger partial charge >= 0.3 is 6.09 Å². The van der Waals surface area contributed by atoms with Gasteiger partial charge in [-0.15, -0.1) is 12.6 Å². The summed E-state index contributed by atoms with van der Waals surface area (Å²) < 4.78 is 4.58. The Morgan fingerprint density at radius 3 is 2.29 bits per heavy atom. The number of rotatable bonds is 2. The minimum Gasteiger partial charge on any atom is -0.445 e. The van der Waals surface area contributed by atoms with Crippen LogP contribution in [0.5, 0.6) is 0 Å². The molecule has 3 nitrogen and oxygen atoms in total. The molecule has 1 aromatic rings. The minimum absolute atomic E-state index is 0. The van der Waals surface area contributed by atoms with Gasteiger partial charge in [-0.25, -0.2) is 4.79 Å². The molecule has 1 aromatic carbocycles. The molecule has 14 heavy (non-hydrogen) atoms. The first-order chi connectivity index (χ1) is 5.68. The second kappa shape index (κ2) is 8.27. The Hall–Kier alpha value is -0.0561. The second-order valence-electron chi connectivity index (χ2n) is 2.27. The van der Waals surface area contributed by atoms with Gasteiger partial charge in [0.25, 0.3) is 0 Å². The molecular weight excluding hydrogens is 275 g/mol. The van der Waals surface area contributed by atoms with Gasteiger partial charge in [0.1, 0.15) is 6.61 Å². The Kier molecular flexibility index (Phi) is 9.67. The molecule has 0 spiro atoms. The van der Waals surface area contributed by atoms with Crippen LogP contribution in [0.25, 0.3) is 0 Å². The molecular formula is C9H12NO2SY-. The van der Waals surface area contributed by atoms with Gasteiger partial charge < -0.3 is 17.9 Å². The summed E-state index contributed by atoms with van der Waals surface area (Å²) >= 11 is 4.11. The van der Waals surface area contributed by atoms with Crippen LogP contribution in [-0.2, 0) is 44.1 Å². The van der Waals surface area contributed by atoms with Crippen LogP contribution in [0.4, 0.5) is 4.79 Å². The van der Waals surface area contributed by atoms with Gasteiger partial charge in [-0.3, -0.25) is 0 Å². The number of amides is 1. The maximum Gasteiger partial charge on any atom is 0.404 e. The Balaban J connectivity index is 0. The van der Waals surface area contributed by atoms with Gasteiger partial charge in [-0.2, -0.15) is 0 Å². The van der Waals surface area contributed by atoms with E-state index in [2.05, 4.69) is 17.4 Å². The summed E-state index contributed by atoms with van der Waals surface area (Å²) in [4.78, 5) is 11.1. The first-order valence-electron chi connectivity index (χ1n) is 3.38. The maximum atomic E-state index is 10.2. The molecule has 1 amide bonds. The molecule has 0 bridgehead atoms. The number of ether oxygens (including phenoxy) is 1. The molecule has 0 fully saturated rings. The quantitative estimate of drug-likeness (QED) is 0.646. The van der Waals surface area contributed by atoms with Crippen LogP contribution >= 0.6 is 12.6 Å². The topological polar surface area (TPSA) is 52.3 Å². The fourth-order valence-corrected chi connectivity index (χ4v) is 0.896. The van der Waals surface area contributed by atoms with E-state index in [0.29, 0.717) is 0 Å². The number of primary amides is 1. The zero-order valence-electron chi connectivity index (χ0n) is 7.93. The summed E-state index contributed by atoms with van der Waals surface area (Å²) in [6, 6.07) is 7.29. The molecule has 0 aromatic heterocycles. The number of benzene rings is 1. The smallest absolute Gasteiger partial charge is 0.404 e. The van der Waals surface area contributed by atoms with Crippen molar-refractivity contribution in [1.29, 1.82) is 0 Å². The molecule has 1 radical (unpaired) electrons. The summed E-state index contributed by atoms with van der Waals surface area (Å²) in [5, 5.41) is 0. The third-order valence-corrected chi connectivity index (χ3v) is 1.62. The number of hydrogen-bond donors (Lipinski definition) is 2. The van der Waals surface area contributed by atoms with Crippen molar-refractivity contribution in [3.8, 4) is 0 Å². The van der Waals surface area contributed by atoms with Crippen LogP contribution in [0, 0.1) is 7.43 Å². The molecule has 0 aliphatic rings. The molecule has 0 atom stereocenters. The standard InChI is InChI=1S/C8H9NO2S.CH3.Y/c9-8(10)11-5-6-1-3-7(12)4-2-6;;/h1-4,12H,5H2,(H2,9,10);1H3;/q;-1;. The van der Waals surface area contributed by atoms with Gasteiger partial charge in [0, 0.05) is 37.6 Å². The molecule has 1 rings (SSSR count). The van der Waals surface area contributed by atoms with Gasteiger partial charge in [-0.05, 0) is 17.7 Å². The van der Waals surface area contributed by atoms with Gasteiger partial charge in [0.05, 0.1) is 0 Å². The van der Waals surface area contributed by atoms with E-state index in [1.165, 1.54) is 0 Å². The van der Waals surface area contributed by atoms with E-state index in [0.717, 1.165) is 10.5 Å². The number of carbonyl (C=O) groups excluding carboxylic acids is 1. The zero-order valence-corrected chi connectivity index (χ0v) is 11.7. The number of nitrogens with two attached hydrogens (primary N) is 1. The monoisotopic (exact) mass is 287 g/mol. The third kappa shape index (κ3) is 6.41. The van der Waals surface area contributed by atoms with Gasteiger partial charge in [-0.1, -0.05) is 12.1 Å². The molecule has 0 unspecified atom stereocenters. The van der Waals surface area contributed by atoms with Crippen molar-refractivity contribution < 1.29 is 42.2 Å². The number of carbonyl (C=O) groups is 1. The molecule has 75 valence electrons. The molecule has 0 saturated heterocycles. The molecule has 0 aliphatic heterocycles. The van der Waals surface area contributed by atoms with Crippen LogP contribution in [0.3, 0.4) is 0 Å². The van der Waals surface area contributed by atoms with Crippen LogP contribution < -0.4 is 5.73 Å². The first kappa shape index (κ1) is 16.4. The molecule has 5 heteroatoms. The summed E-state index contributed by atoms with van der Waals surface area (Å²) in [5.74, 6) is 0. The van der Waals surface area contributed by atoms with Crippen LogP contribution in [-0.4, -0.2) is 6.09 Å². The van der Waals surface area contributed by atoms with Crippen LogP contribution in [0.15, 0.2) is 29.2 Å². The average Bonchev–Trinajstić information content (AvgIpc) is 2.03. The summed E-state index contributed by atoms with van der Waals surface area (Å²) in [5.41, 5.74) is 5.69. The van der Waals surface area contributed by atoms with Crippen molar-refractivity contribution in [2.75, 3.05) is 0 Å². The minimum atomic E-state index is -0.759. The van der Waals surface area contributed by atoms with Crippen molar-refractivity contribution in [1.82, 2.24) is 0 Å². The van der Waals surface area contributed by atoms with Crippen molar-refractivity contribution in [3.63, 3.8) is 0 Å².